The first-order valence-corrected chi connectivity index (χ1v) is 6.07. The van der Waals surface area contributed by atoms with Gasteiger partial charge in [-0.1, -0.05) is 18.2 Å². The van der Waals surface area contributed by atoms with Gasteiger partial charge in [-0.3, -0.25) is 9.89 Å². The molecule has 0 atom stereocenters. The Hall–Kier alpha value is -1.88. The molecule has 1 aromatic carbocycles. The van der Waals surface area contributed by atoms with E-state index in [-0.39, 0.29) is 5.91 Å². The van der Waals surface area contributed by atoms with Crippen molar-refractivity contribution in [3.8, 4) is 0 Å². The number of para-hydroxylation sites is 1. The van der Waals surface area contributed by atoms with Gasteiger partial charge in [0.15, 0.2) is 5.69 Å². The third-order valence-corrected chi connectivity index (χ3v) is 2.94. The second kappa shape index (κ2) is 5.64. The lowest BCUT2D eigenvalue weighted by Crippen LogP contribution is -2.29. The number of hydrogen-bond donors (Lipinski definition) is 2. The summed E-state index contributed by atoms with van der Waals surface area (Å²) in [6.07, 6.45) is 0.932. The third-order valence-electron chi connectivity index (χ3n) is 2.94. The summed E-state index contributed by atoms with van der Waals surface area (Å²) in [5, 5.41) is 10.9. The minimum absolute atomic E-state index is 0.0384. The molecule has 2 aromatic rings. The Bertz CT molecular complexity index is 535. The van der Waals surface area contributed by atoms with Crippen molar-refractivity contribution in [3.63, 3.8) is 0 Å². The van der Waals surface area contributed by atoms with Crippen molar-refractivity contribution < 1.29 is 4.79 Å². The molecule has 1 aromatic heterocycles. The van der Waals surface area contributed by atoms with Gasteiger partial charge in [0.05, 0.1) is 5.52 Å². The van der Waals surface area contributed by atoms with Crippen molar-refractivity contribution in [2.45, 2.75) is 6.42 Å². The monoisotopic (exact) mass is 246 g/mol. The van der Waals surface area contributed by atoms with E-state index in [1.165, 1.54) is 0 Å². The van der Waals surface area contributed by atoms with Gasteiger partial charge in [-0.05, 0) is 26.1 Å². The molecule has 96 valence electrons. The molecule has 0 saturated carbocycles. The van der Waals surface area contributed by atoms with Crippen LogP contribution < -0.4 is 5.32 Å². The number of amides is 1. The van der Waals surface area contributed by atoms with Crippen LogP contribution in [0.3, 0.4) is 0 Å². The lowest BCUT2D eigenvalue weighted by molar-refractivity contribution is 0.0790. The molecule has 2 rings (SSSR count). The fraction of sp³-hybridized carbons (Fsp3) is 0.385. The molecule has 0 fully saturated rings. The average Bonchev–Trinajstić information content (AvgIpc) is 2.82. The standard InChI is InChI=1S/C13H18N4O/c1-14-8-5-9-17(2)13(18)12-10-6-3-4-7-11(10)15-16-12/h3-4,6-7,14H,5,8-9H2,1-2H3,(H,15,16). The highest BCUT2D eigenvalue weighted by atomic mass is 16.2. The van der Waals surface area contributed by atoms with E-state index in [2.05, 4.69) is 15.5 Å². The van der Waals surface area contributed by atoms with Gasteiger partial charge in [-0.15, -0.1) is 0 Å². The molecule has 1 amide bonds. The molecule has 0 bridgehead atoms. The highest BCUT2D eigenvalue weighted by Gasteiger charge is 2.17. The van der Waals surface area contributed by atoms with E-state index in [1.807, 2.05) is 31.3 Å². The molecule has 5 nitrogen and oxygen atoms in total. The van der Waals surface area contributed by atoms with Crippen LogP contribution in [-0.2, 0) is 0 Å². The maximum Gasteiger partial charge on any atom is 0.274 e. The Kier molecular flexibility index (Phi) is 3.94. The summed E-state index contributed by atoms with van der Waals surface area (Å²) in [5.41, 5.74) is 1.39. The fourth-order valence-corrected chi connectivity index (χ4v) is 1.90. The van der Waals surface area contributed by atoms with Crippen LogP contribution in [0.15, 0.2) is 24.3 Å². The molecule has 0 spiro atoms. The Morgan fingerprint density at radius 1 is 1.44 bits per heavy atom. The predicted octanol–water partition coefficient (Wildman–Crippen LogP) is 1.24. The van der Waals surface area contributed by atoms with Crippen LogP contribution in [0.5, 0.6) is 0 Å². The van der Waals surface area contributed by atoms with E-state index in [0.29, 0.717) is 5.69 Å². The summed E-state index contributed by atoms with van der Waals surface area (Å²) < 4.78 is 0. The summed E-state index contributed by atoms with van der Waals surface area (Å²) in [7, 11) is 3.71. The van der Waals surface area contributed by atoms with Crippen LogP contribution in [0.2, 0.25) is 0 Å². The Balaban J connectivity index is 2.13. The van der Waals surface area contributed by atoms with Crippen molar-refractivity contribution in [3.05, 3.63) is 30.0 Å². The van der Waals surface area contributed by atoms with Gasteiger partial charge >= 0.3 is 0 Å². The predicted molar refractivity (Wildman–Crippen MR) is 71.6 cm³/mol. The molecule has 2 N–H and O–H groups in total. The largest absolute Gasteiger partial charge is 0.340 e. The molecule has 0 aliphatic rings. The van der Waals surface area contributed by atoms with E-state index < -0.39 is 0 Å². The molecule has 18 heavy (non-hydrogen) atoms. The van der Waals surface area contributed by atoms with Crippen molar-refractivity contribution >= 4 is 16.8 Å². The first kappa shape index (κ1) is 12.6. The smallest absolute Gasteiger partial charge is 0.274 e. The van der Waals surface area contributed by atoms with Crippen molar-refractivity contribution in [1.29, 1.82) is 0 Å². The highest BCUT2D eigenvalue weighted by Crippen LogP contribution is 2.16. The Morgan fingerprint density at radius 2 is 2.22 bits per heavy atom. The number of aromatic nitrogens is 2. The fourth-order valence-electron chi connectivity index (χ4n) is 1.90. The topological polar surface area (TPSA) is 61.0 Å². The number of carbonyl (C=O) groups is 1. The van der Waals surface area contributed by atoms with E-state index in [1.54, 1.807) is 11.9 Å². The van der Waals surface area contributed by atoms with Crippen LogP contribution in [0.4, 0.5) is 0 Å². The maximum absolute atomic E-state index is 12.2. The highest BCUT2D eigenvalue weighted by molar-refractivity contribution is 6.04. The molecule has 0 aliphatic carbocycles. The van der Waals surface area contributed by atoms with Crippen molar-refractivity contribution in [2.75, 3.05) is 27.2 Å². The van der Waals surface area contributed by atoms with Gasteiger partial charge in [0.25, 0.3) is 5.91 Å². The number of nitrogens with one attached hydrogen (secondary N) is 2. The van der Waals surface area contributed by atoms with Crippen LogP contribution in [0, 0.1) is 0 Å². The SMILES string of the molecule is CNCCCN(C)C(=O)c1n[nH]c2ccccc12. The van der Waals surface area contributed by atoms with Gasteiger partial charge in [0.2, 0.25) is 0 Å². The van der Waals surface area contributed by atoms with E-state index in [9.17, 15) is 4.79 Å². The molecular formula is C13H18N4O. The number of aromatic amines is 1. The minimum Gasteiger partial charge on any atom is -0.340 e. The number of H-pyrrole nitrogens is 1. The number of fused-ring (bicyclic) bond motifs is 1. The van der Waals surface area contributed by atoms with E-state index >= 15 is 0 Å². The first-order chi connectivity index (χ1) is 8.74. The molecule has 1 heterocycles. The molecule has 0 saturated heterocycles. The van der Waals surface area contributed by atoms with E-state index in [4.69, 9.17) is 0 Å². The second-order valence-corrected chi connectivity index (χ2v) is 4.30. The summed E-state index contributed by atoms with van der Waals surface area (Å²) in [6.45, 7) is 1.62. The lowest BCUT2D eigenvalue weighted by Gasteiger charge is -2.15. The molecule has 0 radical (unpaired) electrons. The van der Waals surface area contributed by atoms with Crippen LogP contribution in [-0.4, -0.2) is 48.2 Å². The van der Waals surface area contributed by atoms with Gasteiger partial charge < -0.3 is 10.2 Å². The number of hydrogen-bond acceptors (Lipinski definition) is 3. The molecule has 0 aliphatic heterocycles. The quantitative estimate of drug-likeness (QED) is 0.780. The van der Waals surface area contributed by atoms with Crippen molar-refractivity contribution in [2.24, 2.45) is 0 Å². The van der Waals surface area contributed by atoms with Gasteiger partial charge in [-0.2, -0.15) is 5.10 Å². The average molecular weight is 246 g/mol. The zero-order valence-electron chi connectivity index (χ0n) is 10.7. The first-order valence-electron chi connectivity index (χ1n) is 6.07. The zero-order chi connectivity index (χ0) is 13.0. The summed E-state index contributed by atoms with van der Waals surface area (Å²) in [4.78, 5) is 13.9. The zero-order valence-corrected chi connectivity index (χ0v) is 10.7. The Labute approximate surface area is 106 Å². The normalized spacial score (nSPS) is 10.8. The van der Waals surface area contributed by atoms with Gasteiger partial charge in [0.1, 0.15) is 0 Å². The van der Waals surface area contributed by atoms with Gasteiger partial charge in [0, 0.05) is 19.0 Å². The Morgan fingerprint density at radius 3 is 3.00 bits per heavy atom. The summed E-state index contributed by atoms with van der Waals surface area (Å²) in [5.74, 6) is -0.0384. The summed E-state index contributed by atoms with van der Waals surface area (Å²) in [6, 6.07) is 7.66. The van der Waals surface area contributed by atoms with Crippen LogP contribution in [0.25, 0.3) is 10.9 Å². The maximum atomic E-state index is 12.2. The third kappa shape index (κ3) is 2.51. The lowest BCUT2D eigenvalue weighted by atomic mass is 10.2. The molecule has 0 unspecified atom stereocenters. The second-order valence-electron chi connectivity index (χ2n) is 4.30. The number of carbonyl (C=O) groups excluding carboxylic acids is 1. The van der Waals surface area contributed by atoms with Crippen molar-refractivity contribution in [1.82, 2.24) is 20.4 Å². The molecule has 5 heteroatoms. The summed E-state index contributed by atoms with van der Waals surface area (Å²) >= 11 is 0. The number of benzene rings is 1. The van der Waals surface area contributed by atoms with Crippen LogP contribution in [0.1, 0.15) is 16.9 Å². The number of nitrogens with zero attached hydrogens (tertiary/aromatic N) is 2. The van der Waals surface area contributed by atoms with Crippen LogP contribution >= 0.6 is 0 Å². The van der Waals surface area contributed by atoms with E-state index in [0.717, 1.165) is 30.4 Å². The minimum atomic E-state index is -0.0384. The van der Waals surface area contributed by atoms with Gasteiger partial charge in [-0.25, -0.2) is 0 Å². The molecular weight excluding hydrogens is 228 g/mol. The number of rotatable bonds is 5.